The van der Waals surface area contributed by atoms with E-state index in [1.165, 1.54) is 6.92 Å². The number of likely N-dealkylation sites (tertiary alicyclic amines) is 1. The third-order valence-electron chi connectivity index (χ3n) is 5.26. The topological polar surface area (TPSA) is 40.6 Å². The van der Waals surface area contributed by atoms with Gasteiger partial charge in [0.15, 0.2) is 0 Å². The Kier molecular flexibility index (Phi) is 5.91. The van der Waals surface area contributed by atoms with Crippen LogP contribution in [0.25, 0.3) is 10.8 Å². The van der Waals surface area contributed by atoms with Crippen LogP contribution in [0.15, 0.2) is 42.5 Å². The van der Waals surface area contributed by atoms with Crippen LogP contribution in [0, 0.1) is 0 Å². The molecule has 1 saturated heterocycles. The number of rotatable bonds is 4. The molecule has 1 aliphatic rings. The van der Waals surface area contributed by atoms with Crippen LogP contribution in [0.1, 0.15) is 37.8 Å². The molecule has 0 aliphatic carbocycles. The number of fused-ring (bicyclic) bond motifs is 1. The Morgan fingerprint density at radius 3 is 2.36 bits per heavy atom. The van der Waals surface area contributed by atoms with E-state index < -0.39 is 30.6 Å². The highest BCUT2D eigenvalue weighted by Gasteiger charge is 2.45. The SMILES string of the molecule is C[C@@H](c1cccc2ccccc12)N(CC(=O)N1CCCCC1)C(=O)C(F)(F)F. The molecule has 0 saturated carbocycles. The molecular formula is C21H23F3N2O2. The number of benzene rings is 2. The van der Waals surface area contributed by atoms with Gasteiger partial charge < -0.3 is 9.80 Å². The molecule has 7 heteroatoms. The van der Waals surface area contributed by atoms with Gasteiger partial charge in [-0.2, -0.15) is 13.2 Å². The second-order valence-corrected chi connectivity index (χ2v) is 7.12. The van der Waals surface area contributed by atoms with E-state index in [-0.39, 0.29) is 0 Å². The van der Waals surface area contributed by atoms with Gasteiger partial charge in [0, 0.05) is 13.1 Å². The summed E-state index contributed by atoms with van der Waals surface area (Å²) in [6, 6.07) is 11.7. The summed E-state index contributed by atoms with van der Waals surface area (Å²) in [5, 5.41) is 1.64. The maximum atomic E-state index is 13.3. The van der Waals surface area contributed by atoms with E-state index in [1.54, 1.807) is 23.1 Å². The van der Waals surface area contributed by atoms with E-state index in [9.17, 15) is 22.8 Å². The lowest BCUT2D eigenvalue weighted by Crippen LogP contribution is -2.49. The van der Waals surface area contributed by atoms with Crippen molar-refractivity contribution < 1.29 is 22.8 Å². The zero-order valence-electron chi connectivity index (χ0n) is 15.7. The predicted octanol–water partition coefficient (Wildman–Crippen LogP) is 4.30. The molecule has 3 rings (SSSR count). The highest BCUT2D eigenvalue weighted by molar-refractivity contribution is 5.90. The summed E-state index contributed by atoms with van der Waals surface area (Å²) in [5.74, 6) is -2.43. The lowest BCUT2D eigenvalue weighted by atomic mass is 9.98. The van der Waals surface area contributed by atoms with Gasteiger partial charge >= 0.3 is 12.1 Å². The van der Waals surface area contributed by atoms with Crippen LogP contribution in [0.3, 0.4) is 0 Å². The number of nitrogens with zero attached hydrogens (tertiary/aromatic N) is 2. The molecule has 0 bridgehead atoms. The monoisotopic (exact) mass is 392 g/mol. The van der Waals surface area contributed by atoms with E-state index in [4.69, 9.17) is 0 Å². The van der Waals surface area contributed by atoms with E-state index in [2.05, 4.69) is 0 Å². The number of alkyl halides is 3. The molecule has 1 atom stereocenters. The Bertz CT molecular complexity index is 855. The summed E-state index contributed by atoms with van der Waals surface area (Å²) in [6.07, 6.45) is -2.38. The molecule has 0 radical (unpaired) electrons. The summed E-state index contributed by atoms with van der Waals surface area (Å²) in [5.41, 5.74) is 0.585. The summed E-state index contributed by atoms with van der Waals surface area (Å²) >= 11 is 0. The molecule has 0 unspecified atom stereocenters. The Morgan fingerprint density at radius 2 is 1.68 bits per heavy atom. The minimum Gasteiger partial charge on any atom is -0.341 e. The number of carbonyl (C=O) groups excluding carboxylic acids is 2. The molecule has 0 N–H and O–H groups in total. The van der Waals surface area contributed by atoms with E-state index in [0.717, 1.165) is 30.0 Å². The Labute approximate surface area is 161 Å². The van der Waals surface area contributed by atoms with Crippen molar-refractivity contribution in [3.05, 3.63) is 48.0 Å². The van der Waals surface area contributed by atoms with Crippen molar-refractivity contribution in [1.82, 2.24) is 9.80 Å². The van der Waals surface area contributed by atoms with Crippen molar-refractivity contribution in [1.29, 1.82) is 0 Å². The Balaban J connectivity index is 1.93. The summed E-state index contributed by atoms with van der Waals surface area (Å²) in [4.78, 5) is 27.0. The molecule has 2 aromatic carbocycles. The van der Waals surface area contributed by atoms with Gasteiger partial charge in [0.2, 0.25) is 5.91 Å². The van der Waals surface area contributed by atoms with Crippen LogP contribution in [-0.4, -0.2) is 47.4 Å². The van der Waals surface area contributed by atoms with Gasteiger partial charge in [0.25, 0.3) is 0 Å². The van der Waals surface area contributed by atoms with Gasteiger partial charge in [-0.15, -0.1) is 0 Å². The maximum Gasteiger partial charge on any atom is 0.471 e. The van der Waals surface area contributed by atoms with Crippen molar-refractivity contribution in [3.63, 3.8) is 0 Å². The number of carbonyl (C=O) groups is 2. The van der Waals surface area contributed by atoms with E-state index >= 15 is 0 Å². The van der Waals surface area contributed by atoms with Crippen LogP contribution in [0.2, 0.25) is 0 Å². The molecule has 1 heterocycles. The van der Waals surface area contributed by atoms with Crippen molar-refractivity contribution in [2.75, 3.05) is 19.6 Å². The quantitative estimate of drug-likeness (QED) is 0.778. The van der Waals surface area contributed by atoms with Gasteiger partial charge in [-0.1, -0.05) is 42.5 Å². The van der Waals surface area contributed by atoms with Gasteiger partial charge in [-0.25, -0.2) is 0 Å². The van der Waals surface area contributed by atoms with E-state index in [0.29, 0.717) is 23.6 Å². The second kappa shape index (κ2) is 8.20. The largest absolute Gasteiger partial charge is 0.471 e. The first-order valence-corrected chi connectivity index (χ1v) is 9.42. The molecule has 1 aliphatic heterocycles. The molecule has 1 fully saturated rings. The molecule has 2 aromatic rings. The van der Waals surface area contributed by atoms with Crippen molar-refractivity contribution in [2.45, 2.75) is 38.4 Å². The molecule has 150 valence electrons. The minimum atomic E-state index is -5.04. The molecule has 28 heavy (non-hydrogen) atoms. The Morgan fingerprint density at radius 1 is 1.04 bits per heavy atom. The maximum absolute atomic E-state index is 13.3. The highest BCUT2D eigenvalue weighted by Crippen LogP contribution is 2.31. The van der Waals surface area contributed by atoms with Crippen LogP contribution < -0.4 is 0 Å². The van der Waals surface area contributed by atoms with Crippen LogP contribution in [0.5, 0.6) is 0 Å². The number of piperidine rings is 1. The number of hydrogen-bond acceptors (Lipinski definition) is 2. The van der Waals surface area contributed by atoms with Crippen molar-refractivity contribution in [2.24, 2.45) is 0 Å². The van der Waals surface area contributed by atoms with Crippen molar-refractivity contribution in [3.8, 4) is 0 Å². The number of halogens is 3. The van der Waals surface area contributed by atoms with E-state index in [1.807, 2.05) is 24.3 Å². The molecular weight excluding hydrogens is 369 g/mol. The first kappa shape index (κ1) is 20.2. The first-order valence-electron chi connectivity index (χ1n) is 9.42. The zero-order chi connectivity index (χ0) is 20.3. The van der Waals surface area contributed by atoms with Gasteiger partial charge in [-0.3, -0.25) is 9.59 Å². The predicted molar refractivity (Wildman–Crippen MR) is 101 cm³/mol. The first-order chi connectivity index (χ1) is 13.3. The standard InChI is InChI=1S/C21H23F3N2O2/c1-15(17-11-7-9-16-8-3-4-10-18(16)17)26(20(28)21(22,23)24)14-19(27)25-12-5-2-6-13-25/h3-4,7-11,15H,2,5-6,12-14H2,1H3/t15-/m0/s1. The molecule has 4 nitrogen and oxygen atoms in total. The summed E-state index contributed by atoms with van der Waals surface area (Å²) in [7, 11) is 0. The van der Waals surface area contributed by atoms with Crippen molar-refractivity contribution >= 4 is 22.6 Å². The fourth-order valence-corrected chi connectivity index (χ4v) is 3.72. The number of amides is 2. The number of hydrogen-bond donors (Lipinski definition) is 0. The zero-order valence-corrected chi connectivity index (χ0v) is 15.7. The second-order valence-electron chi connectivity index (χ2n) is 7.12. The Hall–Kier alpha value is -2.57. The van der Waals surface area contributed by atoms with Gasteiger partial charge in [-0.05, 0) is 42.5 Å². The average molecular weight is 392 g/mol. The lowest BCUT2D eigenvalue weighted by Gasteiger charge is -2.34. The average Bonchev–Trinajstić information content (AvgIpc) is 2.70. The third-order valence-corrected chi connectivity index (χ3v) is 5.26. The third kappa shape index (κ3) is 4.29. The highest BCUT2D eigenvalue weighted by atomic mass is 19.4. The fraction of sp³-hybridized carbons (Fsp3) is 0.429. The van der Waals surface area contributed by atoms with Gasteiger partial charge in [0.1, 0.15) is 6.54 Å². The fourth-order valence-electron chi connectivity index (χ4n) is 3.72. The summed E-state index contributed by atoms with van der Waals surface area (Å²) in [6.45, 7) is 2.00. The molecule has 0 spiro atoms. The lowest BCUT2D eigenvalue weighted by molar-refractivity contribution is -0.188. The van der Waals surface area contributed by atoms with Gasteiger partial charge in [0.05, 0.1) is 6.04 Å². The van der Waals surface area contributed by atoms with Crippen LogP contribution in [0.4, 0.5) is 13.2 Å². The molecule has 2 amide bonds. The van der Waals surface area contributed by atoms with Crippen LogP contribution in [-0.2, 0) is 9.59 Å². The summed E-state index contributed by atoms with van der Waals surface area (Å²) < 4.78 is 39.8. The molecule has 0 aromatic heterocycles. The minimum absolute atomic E-state index is 0.440. The van der Waals surface area contributed by atoms with Crippen LogP contribution >= 0.6 is 0 Å². The smallest absolute Gasteiger partial charge is 0.341 e. The normalized spacial score (nSPS) is 16.1.